The maximum atomic E-state index is 13.0. The van der Waals surface area contributed by atoms with E-state index in [0.717, 1.165) is 29.5 Å². The van der Waals surface area contributed by atoms with Gasteiger partial charge in [-0.15, -0.1) is 0 Å². The molecule has 0 aliphatic heterocycles. The highest BCUT2D eigenvalue weighted by atomic mass is 35.5. The van der Waals surface area contributed by atoms with Crippen molar-refractivity contribution >= 4 is 33.2 Å². The Labute approximate surface area is 166 Å². The standard InChI is InChI=1S/C18H18ClF3N2O3S/c1-12-4-3-5-13(8-12)10-23-17(25)11-24(28(2,26)27)16-9-14(18(20,21)22)6-7-15(16)19/h3-9H,10-11H2,1-2H3,(H,23,25). The largest absolute Gasteiger partial charge is 0.416 e. The minimum Gasteiger partial charge on any atom is -0.350 e. The second-order valence-electron chi connectivity index (χ2n) is 6.20. The van der Waals surface area contributed by atoms with E-state index in [2.05, 4.69) is 5.32 Å². The van der Waals surface area contributed by atoms with E-state index in [1.54, 1.807) is 6.07 Å². The van der Waals surface area contributed by atoms with Gasteiger partial charge in [-0.2, -0.15) is 13.2 Å². The summed E-state index contributed by atoms with van der Waals surface area (Å²) in [6.07, 6.45) is -3.90. The van der Waals surface area contributed by atoms with Crippen LogP contribution in [0.3, 0.4) is 0 Å². The topological polar surface area (TPSA) is 66.5 Å². The van der Waals surface area contributed by atoms with E-state index in [4.69, 9.17) is 11.6 Å². The van der Waals surface area contributed by atoms with Crippen LogP contribution >= 0.6 is 11.6 Å². The van der Waals surface area contributed by atoms with Gasteiger partial charge < -0.3 is 5.32 Å². The molecule has 0 aliphatic rings. The summed E-state index contributed by atoms with van der Waals surface area (Å²) < 4.78 is 63.7. The van der Waals surface area contributed by atoms with E-state index in [-0.39, 0.29) is 11.6 Å². The van der Waals surface area contributed by atoms with Crippen LogP contribution in [0.2, 0.25) is 5.02 Å². The predicted molar refractivity (Wildman–Crippen MR) is 102 cm³/mol. The van der Waals surface area contributed by atoms with Gasteiger partial charge in [-0.3, -0.25) is 9.10 Å². The number of benzene rings is 2. The smallest absolute Gasteiger partial charge is 0.350 e. The second kappa shape index (κ2) is 8.40. The summed E-state index contributed by atoms with van der Waals surface area (Å²) in [7, 11) is -4.07. The Morgan fingerprint density at radius 1 is 1.18 bits per heavy atom. The molecule has 2 aromatic carbocycles. The van der Waals surface area contributed by atoms with Crippen LogP contribution in [0.25, 0.3) is 0 Å². The summed E-state index contributed by atoms with van der Waals surface area (Å²) >= 11 is 5.92. The molecule has 10 heteroatoms. The van der Waals surface area contributed by atoms with Crippen LogP contribution in [0.5, 0.6) is 0 Å². The minimum atomic E-state index is -4.68. The molecule has 1 N–H and O–H groups in total. The summed E-state index contributed by atoms with van der Waals surface area (Å²) in [5.74, 6) is -0.680. The first-order valence-electron chi connectivity index (χ1n) is 8.04. The van der Waals surface area contributed by atoms with Crippen LogP contribution in [-0.4, -0.2) is 27.1 Å². The van der Waals surface area contributed by atoms with Gasteiger partial charge in [-0.05, 0) is 30.7 Å². The first-order chi connectivity index (χ1) is 12.9. The average Bonchev–Trinajstić information content (AvgIpc) is 2.57. The lowest BCUT2D eigenvalue weighted by Crippen LogP contribution is -2.40. The number of nitrogens with zero attached hydrogens (tertiary/aromatic N) is 1. The Hall–Kier alpha value is -2.26. The van der Waals surface area contributed by atoms with Gasteiger partial charge in [0.25, 0.3) is 0 Å². The highest BCUT2D eigenvalue weighted by molar-refractivity contribution is 7.92. The first-order valence-corrected chi connectivity index (χ1v) is 10.3. The number of alkyl halides is 3. The van der Waals surface area contributed by atoms with E-state index in [1.807, 2.05) is 25.1 Å². The molecule has 1 amide bonds. The zero-order chi connectivity index (χ0) is 21.1. The fraction of sp³-hybridized carbons (Fsp3) is 0.278. The summed E-state index contributed by atoms with van der Waals surface area (Å²) in [5.41, 5.74) is 0.307. The van der Waals surface area contributed by atoms with Gasteiger partial charge in [0, 0.05) is 6.54 Å². The molecule has 2 aromatic rings. The molecule has 5 nitrogen and oxygen atoms in total. The summed E-state index contributed by atoms with van der Waals surface area (Å²) in [5, 5.41) is 2.33. The SMILES string of the molecule is Cc1cccc(CNC(=O)CN(c2cc(C(F)(F)F)ccc2Cl)S(C)(=O)=O)c1. The molecule has 0 fully saturated rings. The van der Waals surface area contributed by atoms with Gasteiger partial charge in [0.15, 0.2) is 0 Å². The summed E-state index contributed by atoms with van der Waals surface area (Å²) in [6, 6.07) is 9.61. The number of sulfonamides is 1. The molecule has 0 unspecified atom stereocenters. The number of rotatable bonds is 6. The van der Waals surface area contributed by atoms with Crippen LogP contribution in [0.4, 0.5) is 18.9 Å². The minimum absolute atomic E-state index is 0.147. The third-order valence-electron chi connectivity index (χ3n) is 3.80. The molecule has 0 radical (unpaired) electrons. The Balaban J connectivity index is 2.24. The second-order valence-corrected chi connectivity index (χ2v) is 8.51. The fourth-order valence-corrected chi connectivity index (χ4v) is 3.60. The van der Waals surface area contributed by atoms with Crippen molar-refractivity contribution < 1.29 is 26.4 Å². The molecule has 0 heterocycles. The number of aryl methyl sites for hydroxylation is 1. The number of carbonyl (C=O) groups excluding carboxylic acids is 1. The Morgan fingerprint density at radius 2 is 1.86 bits per heavy atom. The third-order valence-corrected chi connectivity index (χ3v) is 5.25. The van der Waals surface area contributed by atoms with Crippen molar-refractivity contribution in [1.29, 1.82) is 0 Å². The lowest BCUT2D eigenvalue weighted by molar-refractivity contribution is -0.137. The molecule has 0 spiro atoms. The number of anilines is 1. The summed E-state index contributed by atoms with van der Waals surface area (Å²) in [4.78, 5) is 12.2. The number of carbonyl (C=O) groups is 1. The van der Waals surface area contributed by atoms with Gasteiger partial charge in [0.1, 0.15) is 6.54 Å². The van der Waals surface area contributed by atoms with Crippen molar-refractivity contribution in [1.82, 2.24) is 5.32 Å². The van der Waals surface area contributed by atoms with Crippen molar-refractivity contribution in [3.05, 3.63) is 64.2 Å². The lowest BCUT2D eigenvalue weighted by Gasteiger charge is -2.24. The first kappa shape index (κ1) is 22.0. The Kier molecular flexibility index (Phi) is 6.61. The quantitative estimate of drug-likeness (QED) is 0.753. The molecular weight excluding hydrogens is 417 g/mol. The molecule has 0 saturated carbocycles. The van der Waals surface area contributed by atoms with E-state index in [1.165, 1.54) is 0 Å². The van der Waals surface area contributed by atoms with E-state index in [9.17, 15) is 26.4 Å². The van der Waals surface area contributed by atoms with Crippen LogP contribution in [0.15, 0.2) is 42.5 Å². The highest BCUT2D eigenvalue weighted by Crippen LogP contribution is 2.36. The highest BCUT2D eigenvalue weighted by Gasteiger charge is 2.33. The molecule has 0 aliphatic carbocycles. The monoisotopic (exact) mass is 434 g/mol. The maximum absolute atomic E-state index is 13.0. The maximum Gasteiger partial charge on any atom is 0.416 e. The summed E-state index contributed by atoms with van der Waals surface area (Å²) in [6.45, 7) is 1.33. The van der Waals surface area contributed by atoms with E-state index in [0.29, 0.717) is 10.4 Å². The Bertz CT molecular complexity index is 978. The van der Waals surface area contributed by atoms with Gasteiger partial charge in [-0.25, -0.2) is 8.42 Å². The zero-order valence-corrected chi connectivity index (χ0v) is 16.6. The lowest BCUT2D eigenvalue weighted by atomic mass is 10.1. The van der Waals surface area contributed by atoms with Crippen molar-refractivity contribution in [3.63, 3.8) is 0 Å². The van der Waals surface area contributed by atoms with Crippen molar-refractivity contribution in [2.75, 3.05) is 17.1 Å². The van der Waals surface area contributed by atoms with Gasteiger partial charge in [0.05, 0.1) is 22.5 Å². The van der Waals surface area contributed by atoms with Gasteiger partial charge >= 0.3 is 6.18 Å². The molecular formula is C18H18ClF3N2O3S. The number of halogens is 4. The molecule has 0 saturated heterocycles. The van der Waals surface area contributed by atoms with Crippen LogP contribution in [0.1, 0.15) is 16.7 Å². The van der Waals surface area contributed by atoms with Gasteiger partial charge in [0.2, 0.25) is 15.9 Å². The third kappa shape index (κ3) is 5.87. The molecule has 0 aromatic heterocycles. The molecule has 0 atom stereocenters. The molecule has 0 bridgehead atoms. The van der Waals surface area contributed by atoms with Gasteiger partial charge in [-0.1, -0.05) is 41.4 Å². The molecule has 28 heavy (non-hydrogen) atoms. The van der Waals surface area contributed by atoms with Crippen LogP contribution < -0.4 is 9.62 Å². The number of nitrogens with one attached hydrogen (secondary N) is 1. The van der Waals surface area contributed by atoms with E-state index >= 15 is 0 Å². The number of hydrogen-bond donors (Lipinski definition) is 1. The Morgan fingerprint density at radius 3 is 2.43 bits per heavy atom. The average molecular weight is 435 g/mol. The van der Waals surface area contributed by atoms with E-state index < -0.39 is 39.9 Å². The number of amides is 1. The normalized spacial score (nSPS) is 11.9. The predicted octanol–water partition coefficient (Wildman–Crippen LogP) is 3.75. The zero-order valence-electron chi connectivity index (χ0n) is 15.0. The fourth-order valence-electron chi connectivity index (χ4n) is 2.47. The van der Waals surface area contributed by atoms with Crippen molar-refractivity contribution in [2.24, 2.45) is 0 Å². The van der Waals surface area contributed by atoms with Crippen molar-refractivity contribution in [3.8, 4) is 0 Å². The van der Waals surface area contributed by atoms with Crippen molar-refractivity contribution in [2.45, 2.75) is 19.6 Å². The molecule has 2 rings (SSSR count). The van der Waals surface area contributed by atoms with Crippen LogP contribution in [-0.2, 0) is 27.5 Å². The molecule has 152 valence electrons. The van der Waals surface area contributed by atoms with Crippen LogP contribution in [0, 0.1) is 6.92 Å². The number of hydrogen-bond acceptors (Lipinski definition) is 3.